The van der Waals surface area contributed by atoms with Crippen molar-refractivity contribution >= 4 is 0 Å². The summed E-state index contributed by atoms with van der Waals surface area (Å²) in [4.78, 5) is 0. The van der Waals surface area contributed by atoms with E-state index >= 15 is 0 Å². The summed E-state index contributed by atoms with van der Waals surface area (Å²) in [5.74, 6) is 0. The molecule has 0 spiro atoms. The molecule has 1 aliphatic rings. The molecular formula is C12H19NO2. The fraction of sp³-hybridized carbons (Fsp3) is 0.500. The van der Waals surface area contributed by atoms with E-state index in [2.05, 4.69) is 18.5 Å². The fourth-order valence-electron chi connectivity index (χ4n) is 1.52. The van der Waals surface area contributed by atoms with Gasteiger partial charge in [0, 0.05) is 13.2 Å². The van der Waals surface area contributed by atoms with Gasteiger partial charge >= 0.3 is 0 Å². The molecule has 15 heavy (non-hydrogen) atoms. The van der Waals surface area contributed by atoms with Gasteiger partial charge in [-0.15, -0.1) is 0 Å². The van der Waals surface area contributed by atoms with E-state index in [4.69, 9.17) is 4.74 Å². The summed E-state index contributed by atoms with van der Waals surface area (Å²) in [6.07, 6.45) is 5.80. The van der Waals surface area contributed by atoms with Crippen LogP contribution in [0, 0.1) is 0 Å². The lowest BCUT2D eigenvalue weighted by molar-refractivity contribution is -0.0144. The summed E-state index contributed by atoms with van der Waals surface area (Å²) in [7, 11) is 0. The topological polar surface area (TPSA) is 41.5 Å². The largest absolute Gasteiger partial charge is 0.391 e. The van der Waals surface area contributed by atoms with Gasteiger partial charge < -0.3 is 15.2 Å². The third kappa shape index (κ3) is 4.00. The van der Waals surface area contributed by atoms with Crippen LogP contribution in [-0.2, 0) is 4.74 Å². The Kier molecular flexibility index (Phi) is 5.32. The number of aliphatic hydroxyl groups is 1. The molecule has 0 amide bonds. The second-order valence-electron chi connectivity index (χ2n) is 3.60. The van der Waals surface area contributed by atoms with Crippen LogP contribution in [0.25, 0.3) is 0 Å². The summed E-state index contributed by atoms with van der Waals surface area (Å²) in [6.45, 7) is 9.24. The van der Waals surface area contributed by atoms with E-state index in [-0.39, 0.29) is 12.1 Å². The first-order chi connectivity index (χ1) is 7.27. The van der Waals surface area contributed by atoms with E-state index in [1.807, 2.05) is 6.08 Å². The standard InChI is InChI=1S/C12H19NO2/c1-3-5-10(4-2)8-13-11-9-15-7-6-12(11)14/h3-5,11-14H,1-2,6-9H2/b10-5+/t11-,12+/m0/s1. The highest BCUT2D eigenvalue weighted by molar-refractivity contribution is 5.22. The van der Waals surface area contributed by atoms with Crippen LogP contribution >= 0.6 is 0 Å². The molecule has 3 nitrogen and oxygen atoms in total. The molecule has 0 aliphatic carbocycles. The average molecular weight is 209 g/mol. The van der Waals surface area contributed by atoms with Crippen LogP contribution < -0.4 is 5.32 Å². The Morgan fingerprint density at radius 3 is 2.93 bits per heavy atom. The van der Waals surface area contributed by atoms with Crippen molar-refractivity contribution in [1.82, 2.24) is 5.32 Å². The van der Waals surface area contributed by atoms with E-state index in [9.17, 15) is 5.11 Å². The first kappa shape index (κ1) is 12.2. The Hall–Kier alpha value is -0.900. The van der Waals surface area contributed by atoms with Crippen molar-refractivity contribution in [3.8, 4) is 0 Å². The molecular weight excluding hydrogens is 190 g/mol. The van der Waals surface area contributed by atoms with Crippen molar-refractivity contribution in [2.24, 2.45) is 0 Å². The highest BCUT2D eigenvalue weighted by atomic mass is 16.5. The monoisotopic (exact) mass is 209 g/mol. The van der Waals surface area contributed by atoms with E-state index in [1.165, 1.54) is 0 Å². The van der Waals surface area contributed by atoms with Gasteiger partial charge in [0.15, 0.2) is 0 Å². The summed E-state index contributed by atoms with van der Waals surface area (Å²) in [6, 6.07) is 0.0203. The van der Waals surface area contributed by atoms with Crippen LogP contribution in [0.1, 0.15) is 6.42 Å². The van der Waals surface area contributed by atoms with Gasteiger partial charge in [-0.25, -0.2) is 0 Å². The molecule has 1 fully saturated rings. The zero-order chi connectivity index (χ0) is 11.1. The molecule has 0 bridgehead atoms. The Bertz CT molecular complexity index is 248. The molecule has 3 heteroatoms. The molecule has 2 atom stereocenters. The SMILES string of the molecule is C=C/C=C(\C=C)CN[C@H]1COCC[C@H]1O. The second-order valence-corrected chi connectivity index (χ2v) is 3.60. The number of allylic oxidation sites excluding steroid dienone is 2. The van der Waals surface area contributed by atoms with Crippen LogP contribution in [-0.4, -0.2) is 37.0 Å². The van der Waals surface area contributed by atoms with E-state index < -0.39 is 0 Å². The van der Waals surface area contributed by atoms with Gasteiger partial charge in [0.1, 0.15) is 0 Å². The number of hydrogen-bond acceptors (Lipinski definition) is 3. The van der Waals surface area contributed by atoms with Crippen molar-refractivity contribution in [3.05, 3.63) is 37.0 Å². The van der Waals surface area contributed by atoms with Crippen molar-refractivity contribution in [2.75, 3.05) is 19.8 Å². The first-order valence-corrected chi connectivity index (χ1v) is 5.21. The Balaban J connectivity index is 2.37. The van der Waals surface area contributed by atoms with Gasteiger partial charge in [-0.2, -0.15) is 0 Å². The molecule has 0 radical (unpaired) electrons. The number of rotatable bonds is 5. The summed E-state index contributed by atoms with van der Waals surface area (Å²) in [5.41, 5.74) is 1.06. The second kappa shape index (κ2) is 6.56. The molecule has 1 saturated heterocycles. The molecule has 1 aliphatic heterocycles. The Morgan fingerprint density at radius 1 is 1.53 bits per heavy atom. The number of hydrogen-bond donors (Lipinski definition) is 2. The van der Waals surface area contributed by atoms with Gasteiger partial charge in [-0.3, -0.25) is 0 Å². The third-order valence-electron chi connectivity index (χ3n) is 2.48. The molecule has 0 aromatic carbocycles. The zero-order valence-electron chi connectivity index (χ0n) is 8.98. The normalized spacial score (nSPS) is 27.4. The highest BCUT2D eigenvalue weighted by Crippen LogP contribution is 2.07. The van der Waals surface area contributed by atoms with E-state index in [1.54, 1.807) is 12.2 Å². The van der Waals surface area contributed by atoms with Crippen molar-refractivity contribution in [3.63, 3.8) is 0 Å². The summed E-state index contributed by atoms with van der Waals surface area (Å²) < 4.78 is 5.29. The maximum Gasteiger partial charge on any atom is 0.0737 e. The maximum absolute atomic E-state index is 9.68. The molecule has 0 aromatic heterocycles. The van der Waals surface area contributed by atoms with Gasteiger partial charge in [0.25, 0.3) is 0 Å². The van der Waals surface area contributed by atoms with Gasteiger partial charge in [0.2, 0.25) is 0 Å². The predicted octanol–water partition coefficient (Wildman–Crippen LogP) is 1.02. The molecule has 0 aromatic rings. The lowest BCUT2D eigenvalue weighted by atomic mass is 10.1. The third-order valence-corrected chi connectivity index (χ3v) is 2.48. The van der Waals surface area contributed by atoms with Crippen molar-refractivity contribution < 1.29 is 9.84 Å². The maximum atomic E-state index is 9.68. The number of nitrogens with one attached hydrogen (secondary N) is 1. The van der Waals surface area contributed by atoms with Crippen LogP contribution in [0.4, 0.5) is 0 Å². The molecule has 1 heterocycles. The van der Waals surface area contributed by atoms with Gasteiger partial charge in [-0.1, -0.05) is 31.4 Å². The molecule has 2 N–H and O–H groups in total. The summed E-state index contributed by atoms with van der Waals surface area (Å²) in [5, 5.41) is 12.9. The molecule has 0 unspecified atom stereocenters. The minimum atomic E-state index is -0.312. The Morgan fingerprint density at radius 2 is 2.33 bits per heavy atom. The number of aliphatic hydroxyl groups excluding tert-OH is 1. The smallest absolute Gasteiger partial charge is 0.0737 e. The molecule has 0 saturated carbocycles. The van der Waals surface area contributed by atoms with Crippen LogP contribution in [0.5, 0.6) is 0 Å². The lowest BCUT2D eigenvalue weighted by Gasteiger charge is -2.28. The minimum Gasteiger partial charge on any atom is -0.391 e. The van der Waals surface area contributed by atoms with E-state index in [0.717, 1.165) is 5.57 Å². The Labute approximate surface area is 91.1 Å². The zero-order valence-corrected chi connectivity index (χ0v) is 8.98. The summed E-state index contributed by atoms with van der Waals surface area (Å²) >= 11 is 0. The van der Waals surface area contributed by atoms with Gasteiger partial charge in [-0.05, 0) is 12.0 Å². The fourth-order valence-corrected chi connectivity index (χ4v) is 1.52. The lowest BCUT2D eigenvalue weighted by Crippen LogP contribution is -2.47. The van der Waals surface area contributed by atoms with Crippen LogP contribution in [0.2, 0.25) is 0 Å². The highest BCUT2D eigenvalue weighted by Gasteiger charge is 2.22. The van der Waals surface area contributed by atoms with Crippen molar-refractivity contribution in [2.45, 2.75) is 18.6 Å². The molecule has 1 rings (SSSR count). The average Bonchev–Trinajstić information content (AvgIpc) is 2.26. The first-order valence-electron chi connectivity index (χ1n) is 5.21. The predicted molar refractivity (Wildman–Crippen MR) is 61.7 cm³/mol. The number of ether oxygens (including phenoxy) is 1. The van der Waals surface area contributed by atoms with Gasteiger partial charge in [0.05, 0.1) is 18.8 Å². The quantitative estimate of drug-likeness (QED) is 0.664. The van der Waals surface area contributed by atoms with E-state index in [0.29, 0.717) is 26.2 Å². The van der Waals surface area contributed by atoms with Crippen molar-refractivity contribution in [1.29, 1.82) is 0 Å². The minimum absolute atomic E-state index is 0.0203. The molecule has 84 valence electrons. The van der Waals surface area contributed by atoms with Crippen LogP contribution in [0.3, 0.4) is 0 Å². The van der Waals surface area contributed by atoms with Crippen LogP contribution in [0.15, 0.2) is 37.0 Å².